The molecule has 0 amide bonds. The minimum atomic E-state index is -0.153. The van der Waals surface area contributed by atoms with Gasteiger partial charge in [-0.05, 0) is 12.8 Å². The minimum absolute atomic E-state index is 0.138. The molecule has 0 aliphatic carbocycles. The Morgan fingerprint density at radius 3 is 2.08 bits per heavy atom. The first-order valence-corrected chi connectivity index (χ1v) is 9.43. The van der Waals surface area contributed by atoms with Crippen molar-refractivity contribution in [2.45, 2.75) is 51.7 Å². The van der Waals surface area contributed by atoms with Gasteiger partial charge in [-0.2, -0.15) is 0 Å². The van der Waals surface area contributed by atoms with Crippen LogP contribution in [0.2, 0.25) is 0 Å². The first kappa shape index (κ1) is 17.1. The van der Waals surface area contributed by atoms with Crippen LogP contribution in [0.1, 0.15) is 74.0 Å². The van der Waals surface area contributed by atoms with Crippen LogP contribution in [0.5, 0.6) is 11.5 Å². The van der Waals surface area contributed by atoms with Crippen LogP contribution in [0.3, 0.4) is 0 Å². The molecule has 3 heterocycles. The van der Waals surface area contributed by atoms with E-state index in [4.69, 9.17) is 25.4 Å². The average Bonchev–Trinajstić information content (AvgIpc) is 3.31. The summed E-state index contributed by atoms with van der Waals surface area (Å²) < 4.78 is 18.4. The summed E-state index contributed by atoms with van der Waals surface area (Å²) >= 11 is 0. The summed E-state index contributed by atoms with van der Waals surface area (Å²) in [7, 11) is 0. The van der Waals surface area contributed by atoms with Crippen LogP contribution < -0.4 is 15.2 Å². The van der Waals surface area contributed by atoms with E-state index < -0.39 is 0 Å². The average molecular weight is 355 g/mol. The summed E-state index contributed by atoms with van der Waals surface area (Å²) in [5.74, 6) is 1.87. The highest BCUT2D eigenvalue weighted by atomic mass is 16.5. The van der Waals surface area contributed by atoms with Crippen molar-refractivity contribution in [3.05, 3.63) is 34.4 Å². The van der Waals surface area contributed by atoms with E-state index in [0.29, 0.717) is 41.7 Å². The number of nitrogens with one attached hydrogen (secondary N) is 1. The third kappa shape index (κ3) is 2.51. The van der Waals surface area contributed by atoms with Gasteiger partial charge in [0.25, 0.3) is 0 Å². The molecule has 1 aromatic rings. The third-order valence-corrected chi connectivity index (χ3v) is 5.02. The summed E-state index contributed by atoms with van der Waals surface area (Å²) in [4.78, 5) is 4.20. The van der Waals surface area contributed by atoms with Gasteiger partial charge in [0.2, 0.25) is 0 Å². The second-order valence-electron chi connectivity index (χ2n) is 6.85. The Bertz CT molecular complexity index is 813. The van der Waals surface area contributed by atoms with E-state index in [0.717, 1.165) is 36.8 Å². The zero-order valence-corrected chi connectivity index (χ0v) is 15.3. The Morgan fingerprint density at radius 2 is 1.54 bits per heavy atom. The summed E-state index contributed by atoms with van der Waals surface area (Å²) in [6.07, 6.45) is 7.80. The SMILES string of the molecule is CCCCOc1c2c(c(OCCCC)c3c1C1C=CC3O1)C(N)=NC2=N. The number of nitrogens with zero attached hydrogens (tertiary/aromatic N) is 1. The zero-order valence-electron chi connectivity index (χ0n) is 15.3. The smallest absolute Gasteiger partial charge is 0.158 e. The second-order valence-corrected chi connectivity index (χ2v) is 6.85. The number of hydrogen-bond donors (Lipinski definition) is 2. The highest BCUT2D eigenvalue weighted by molar-refractivity contribution is 6.24. The molecule has 138 valence electrons. The van der Waals surface area contributed by atoms with E-state index in [1.165, 1.54) is 0 Å². The van der Waals surface area contributed by atoms with Crippen LogP contribution in [-0.2, 0) is 4.74 Å². The number of hydrogen-bond acceptors (Lipinski definition) is 5. The van der Waals surface area contributed by atoms with Gasteiger partial charge in [-0.25, -0.2) is 4.99 Å². The number of rotatable bonds is 8. The molecule has 0 fully saturated rings. The molecule has 0 aromatic heterocycles. The van der Waals surface area contributed by atoms with Crippen molar-refractivity contribution in [1.82, 2.24) is 0 Å². The van der Waals surface area contributed by atoms with Crippen LogP contribution >= 0.6 is 0 Å². The molecule has 26 heavy (non-hydrogen) atoms. The van der Waals surface area contributed by atoms with Crippen LogP contribution in [0.15, 0.2) is 17.1 Å². The van der Waals surface area contributed by atoms with Gasteiger partial charge in [0.1, 0.15) is 29.5 Å². The Hall–Kier alpha value is -2.34. The van der Waals surface area contributed by atoms with Gasteiger partial charge < -0.3 is 19.9 Å². The van der Waals surface area contributed by atoms with Crippen molar-refractivity contribution in [2.24, 2.45) is 10.7 Å². The van der Waals surface area contributed by atoms with Gasteiger partial charge in [0.15, 0.2) is 5.84 Å². The van der Waals surface area contributed by atoms with Crippen molar-refractivity contribution in [2.75, 3.05) is 13.2 Å². The molecule has 4 rings (SSSR count). The third-order valence-electron chi connectivity index (χ3n) is 5.02. The summed E-state index contributed by atoms with van der Waals surface area (Å²) in [6, 6.07) is 0. The van der Waals surface area contributed by atoms with E-state index in [1.54, 1.807) is 0 Å². The molecule has 3 N–H and O–H groups in total. The predicted octanol–water partition coefficient (Wildman–Crippen LogP) is 3.77. The molecule has 6 nitrogen and oxygen atoms in total. The second kappa shape index (κ2) is 6.76. The van der Waals surface area contributed by atoms with Crippen molar-refractivity contribution in [3.63, 3.8) is 0 Å². The Balaban J connectivity index is 1.86. The first-order valence-electron chi connectivity index (χ1n) is 9.43. The molecular formula is C20H25N3O3. The number of unbranched alkanes of at least 4 members (excludes halogenated alkanes) is 2. The van der Waals surface area contributed by atoms with E-state index in [1.807, 2.05) is 6.08 Å². The molecule has 0 spiro atoms. The maximum Gasteiger partial charge on any atom is 0.158 e. The van der Waals surface area contributed by atoms with E-state index in [-0.39, 0.29) is 18.0 Å². The molecule has 3 aliphatic heterocycles. The summed E-state index contributed by atoms with van der Waals surface area (Å²) in [6.45, 7) is 5.45. The van der Waals surface area contributed by atoms with E-state index >= 15 is 0 Å². The van der Waals surface area contributed by atoms with E-state index in [9.17, 15) is 0 Å². The lowest BCUT2D eigenvalue weighted by Gasteiger charge is -2.22. The lowest BCUT2D eigenvalue weighted by molar-refractivity contribution is 0.0856. The number of nitrogens with two attached hydrogens (primary N) is 1. The molecule has 2 unspecified atom stereocenters. The molecule has 0 saturated heterocycles. The molecule has 1 aromatic carbocycles. The topological polar surface area (TPSA) is 89.9 Å². The number of benzene rings is 1. The normalized spacial score (nSPS) is 21.8. The summed E-state index contributed by atoms with van der Waals surface area (Å²) in [5.41, 5.74) is 9.49. The number of ether oxygens (including phenoxy) is 3. The van der Waals surface area contributed by atoms with Crippen molar-refractivity contribution < 1.29 is 14.2 Å². The highest BCUT2D eigenvalue weighted by Gasteiger charge is 2.44. The monoisotopic (exact) mass is 355 g/mol. The fraction of sp³-hybridized carbons (Fsp3) is 0.500. The number of fused-ring (bicyclic) bond motifs is 6. The maximum atomic E-state index is 8.33. The summed E-state index contributed by atoms with van der Waals surface area (Å²) in [5, 5.41) is 8.33. The van der Waals surface area contributed by atoms with Crippen molar-refractivity contribution >= 4 is 11.7 Å². The zero-order chi connectivity index (χ0) is 18.3. The Kier molecular flexibility index (Phi) is 4.44. The van der Waals surface area contributed by atoms with E-state index in [2.05, 4.69) is 24.9 Å². The van der Waals surface area contributed by atoms with Crippen LogP contribution in [0.25, 0.3) is 0 Å². The van der Waals surface area contributed by atoms with Crippen LogP contribution in [0.4, 0.5) is 0 Å². The largest absolute Gasteiger partial charge is 0.492 e. The van der Waals surface area contributed by atoms with Crippen LogP contribution in [0, 0.1) is 5.41 Å². The van der Waals surface area contributed by atoms with Crippen molar-refractivity contribution in [3.8, 4) is 11.5 Å². The fourth-order valence-corrected chi connectivity index (χ4v) is 3.72. The predicted molar refractivity (Wildman–Crippen MR) is 101 cm³/mol. The van der Waals surface area contributed by atoms with Gasteiger partial charge in [-0.3, -0.25) is 5.41 Å². The van der Waals surface area contributed by atoms with Gasteiger partial charge in [-0.1, -0.05) is 38.8 Å². The van der Waals surface area contributed by atoms with Gasteiger partial charge in [0.05, 0.1) is 24.3 Å². The standard InChI is InChI=1S/C20H25N3O3/c1-3-5-9-24-17-13-11-7-8-12(26-11)14(13)18(25-10-6-4-2)16-15(17)19(21)23-20(16)22/h7-8,11-12H,3-6,9-10H2,1-2H3,(H3,21,22,23). The van der Waals surface area contributed by atoms with Crippen LogP contribution in [-0.4, -0.2) is 24.9 Å². The molecule has 2 atom stereocenters. The number of aliphatic imine (C=N–C) groups is 1. The fourth-order valence-electron chi connectivity index (χ4n) is 3.72. The molecule has 6 heteroatoms. The quantitative estimate of drug-likeness (QED) is 0.549. The molecule has 0 radical (unpaired) electrons. The molecule has 0 saturated carbocycles. The Morgan fingerprint density at radius 1 is 1.00 bits per heavy atom. The molecule has 2 bridgehead atoms. The Labute approximate surface area is 153 Å². The number of amidine groups is 2. The lowest BCUT2D eigenvalue weighted by Crippen LogP contribution is -2.17. The van der Waals surface area contributed by atoms with Gasteiger partial charge >= 0.3 is 0 Å². The highest BCUT2D eigenvalue weighted by Crippen LogP contribution is 2.56. The molecule has 3 aliphatic rings. The lowest BCUT2D eigenvalue weighted by atomic mass is 9.89. The molecular weight excluding hydrogens is 330 g/mol. The first-order chi connectivity index (χ1) is 12.7. The van der Waals surface area contributed by atoms with Gasteiger partial charge in [-0.15, -0.1) is 0 Å². The van der Waals surface area contributed by atoms with Gasteiger partial charge in [0, 0.05) is 11.1 Å². The van der Waals surface area contributed by atoms with Crippen molar-refractivity contribution in [1.29, 1.82) is 5.41 Å². The minimum Gasteiger partial charge on any atom is -0.492 e. The maximum absolute atomic E-state index is 8.33.